The summed E-state index contributed by atoms with van der Waals surface area (Å²) in [7, 11) is 0. The fourth-order valence-electron chi connectivity index (χ4n) is 3.75. The minimum absolute atomic E-state index is 0.0851. The van der Waals surface area contributed by atoms with Crippen LogP contribution in [0.1, 0.15) is 36.0 Å². The Bertz CT molecular complexity index is 957. The van der Waals surface area contributed by atoms with Crippen molar-refractivity contribution >= 4 is 23.4 Å². The molecule has 0 bridgehead atoms. The first-order valence-corrected chi connectivity index (χ1v) is 10.6. The van der Waals surface area contributed by atoms with Crippen LogP contribution in [0, 0.1) is 18.3 Å². The predicted octanol–water partition coefficient (Wildman–Crippen LogP) is 4.78. The number of anilines is 1. The number of hydrogen-bond acceptors (Lipinski definition) is 4. The lowest BCUT2D eigenvalue weighted by atomic mass is 9.86. The van der Waals surface area contributed by atoms with E-state index in [9.17, 15) is 10.1 Å². The van der Waals surface area contributed by atoms with Crippen LogP contribution in [0.25, 0.3) is 0 Å². The highest BCUT2D eigenvalue weighted by Crippen LogP contribution is 2.43. The molecule has 28 heavy (non-hydrogen) atoms. The maximum absolute atomic E-state index is 13.0. The molecule has 5 heteroatoms. The van der Waals surface area contributed by atoms with Gasteiger partial charge in [-0.15, -0.1) is 0 Å². The summed E-state index contributed by atoms with van der Waals surface area (Å²) < 4.78 is 0. The van der Waals surface area contributed by atoms with Crippen molar-refractivity contribution in [1.82, 2.24) is 4.90 Å². The Hall–Kier alpha value is -2.71. The number of aryl methyl sites for hydroxylation is 2. The highest BCUT2D eigenvalue weighted by atomic mass is 32.2. The van der Waals surface area contributed by atoms with Gasteiger partial charge in [0.2, 0.25) is 5.91 Å². The lowest BCUT2D eigenvalue weighted by molar-refractivity contribution is -0.129. The Labute approximate surface area is 170 Å². The van der Waals surface area contributed by atoms with Gasteiger partial charge >= 0.3 is 0 Å². The summed E-state index contributed by atoms with van der Waals surface area (Å²) in [6.07, 6.45) is 1.36. The average Bonchev–Trinajstić information content (AvgIpc) is 2.74. The number of allylic oxidation sites excluding steroid dienone is 1. The zero-order valence-electron chi connectivity index (χ0n) is 16.2. The molecule has 0 radical (unpaired) electrons. The third-order valence-corrected chi connectivity index (χ3v) is 6.64. The summed E-state index contributed by atoms with van der Waals surface area (Å²) in [5, 5.41) is 10.7. The van der Waals surface area contributed by atoms with Crippen LogP contribution in [-0.4, -0.2) is 23.4 Å². The number of nitriles is 1. The molecule has 2 aliphatic heterocycles. The molecule has 0 aromatic heterocycles. The quantitative estimate of drug-likeness (QED) is 0.758. The van der Waals surface area contributed by atoms with Gasteiger partial charge in [0.25, 0.3) is 0 Å². The number of fused-ring (bicyclic) bond motifs is 1. The van der Waals surface area contributed by atoms with Crippen LogP contribution in [-0.2, 0) is 11.2 Å². The van der Waals surface area contributed by atoms with Gasteiger partial charge in [0, 0.05) is 18.0 Å². The van der Waals surface area contributed by atoms with Crippen molar-refractivity contribution in [3.05, 3.63) is 75.8 Å². The summed E-state index contributed by atoms with van der Waals surface area (Å²) >= 11 is 1.59. The summed E-state index contributed by atoms with van der Waals surface area (Å²) in [5.41, 5.74) is 5.34. The SMILES string of the molecule is CCc1ccc(N2CSC3=C(C#N)C(c4ccc(C)cc4)CC(=O)N3C2)cc1. The number of carbonyl (C=O) groups is 1. The number of hydrogen-bond donors (Lipinski definition) is 0. The van der Waals surface area contributed by atoms with E-state index in [2.05, 4.69) is 42.2 Å². The number of carbonyl (C=O) groups excluding carboxylic acids is 1. The van der Waals surface area contributed by atoms with E-state index in [4.69, 9.17) is 0 Å². The lowest BCUT2D eigenvalue weighted by Crippen LogP contribution is -2.47. The highest BCUT2D eigenvalue weighted by molar-refractivity contribution is 8.03. The van der Waals surface area contributed by atoms with E-state index < -0.39 is 0 Å². The molecule has 142 valence electrons. The molecule has 1 unspecified atom stereocenters. The van der Waals surface area contributed by atoms with Crippen LogP contribution in [0.15, 0.2) is 59.1 Å². The molecule has 0 aliphatic carbocycles. The maximum Gasteiger partial charge on any atom is 0.229 e. The van der Waals surface area contributed by atoms with Gasteiger partial charge in [-0.3, -0.25) is 9.69 Å². The molecule has 1 amide bonds. The molecule has 0 spiro atoms. The van der Waals surface area contributed by atoms with E-state index in [-0.39, 0.29) is 11.8 Å². The number of amides is 1. The van der Waals surface area contributed by atoms with Gasteiger partial charge in [0.1, 0.15) is 0 Å². The second-order valence-corrected chi connectivity index (χ2v) is 8.23. The summed E-state index contributed by atoms with van der Waals surface area (Å²) in [5.74, 6) is 0.672. The van der Waals surface area contributed by atoms with E-state index in [1.54, 1.807) is 16.7 Å². The van der Waals surface area contributed by atoms with Gasteiger partial charge in [0.05, 0.1) is 29.2 Å². The van der Waals surface area contributed by atoms with Crippen molar-refractivity contribution in [3.63, 3.8) is 0 Å². The van der Waals surface area contributed by atoms with E-state index in [0.29, 0.717) is 13.1 Å². The van der Waals surface area contributed by atoms with E-state index in [1.165, 1.54) is 11.1 Å². The Balaban J connectivity index is 1.62. The molecule has 2 aromatic carbocycles. The van der Waals surface area contributed by atoms with Crippen molar-refractivity contribution in [3.8, 4) is 6.07 Å². The van der Waals surface area contributed by atoms with Crippen LogP contribution < -0.4 is 4.90 Å². The minimum atomic E-state index is -0.146. The largest absolute Gasteiger partial charge is 0.344 e. The Kier molecular flexibility index (Phi) is 5.15. The van der Waals surface area contributed by atoms with Crippen molar-refractivity contribution in [2.24, 2.45) is 0 Å². The third-order valence-electron chi connectivity index (χ3n) is 5.48. The molecule has 1 fully saturated rings. The molecular formula is C23H23N3OS. The zero-order valence-corrected chi connectivity index (χ0v) is 17.0. The molecular weight excluding hydrogens is 366 g/mol. The molecule has 1 atom stereocenters. The zero-order chi connectivity index (χ0) is 19.7. The van der Waals surface area contributed by atoms with E-state index in [0.717, 1.165) is 34.2 Å². The highest BCUT2D eigenvalue weighted by Gasteiger charge is 2.38. The fraction of sp³-hybridized carbons (Fsp3) is 0.304. The fourth-order valence-corrected chi connectivity index (χ4v) is 4.92. The van der Waals surface area contributed by atoms with Crippen LogP contribution in [0.4, 0.5) is 5.69 Å². The first-order valence-electron chi connectivity index (χ1n) is 9.58. The van der Waals surface area contributed by atoms with Crippen LogP contribution in [0.3, 0.4) is 0 Å². The molecule has 4 rings (SSSR count). The number of rotatable bonds is 3. The van der Waals surface area contributed by atoms with Crippen molar-refractivity contribution in [1.29, 1.82) is 5.26 Å². The van der Waals surface area contributed by atoms with Crippen LogP contribution in [0.2, 0.25) is 0 Å². The van der Waals surface area contributed by atoms with Crippen molar-refractivity contribution in [2.45, 2.75) is 32.6 Å². The maximum atomic E-state index is 13.0. The van der Waals surface area contributed by atoms with E-state index in [1.807, 2.05) is 31.2 Å². The third kappa shape index (κ3) is 3.41. The monoisotopic (exact) mass is 389 g/mol. The molecule has 2 heterocycles. The standard InChI is InChI=1S/C23H23N3OS/c1-3-17-6-10-19(11-7-17)25-14-26-22(27)12-20(18-8-4-16(2)5-9-18)21(13-24)23(26)28-15-25/h4-11,20H,3,12,14-15H2,1-2H3. The van der Waals surface area contributed by atoms with Gasteiger partial charge < -0.3 is 4.90 Å². The first-order chi connectivity index (χ1) is 13.6. The van der Waals surface area contributed by atoms with Crippen LogP contribution >= 0.6 is 11.8 Å². The molecule has 4 nitrogen and oxygen atoms in total. The predicted molar refractivity (Wildman–Crippen MR) is 114 cm³/mol. The topological polar surface area (TPSA) is 47.3 Å². The van der Waals surface area contributed by atoms with Crippen LogP contribution in [0.5, 0.6) is 0 Å². The molecule has 1 saturated heterocycles. The number of nitrogens with zero attached hydrogens (tertiary/aromatic N) is 3. The first kappa shape index (κ1) is 18.6. The lowest BCUT2D eigenvalue weighted by Gasteiger charge is -2.42. The van der Waals surface area contributed by atoms with Gasteiger partial charge in [-0.05, 0) is 36.6 Å². The normalized spacial score (nSPS) is 19.5. The Morgan fingerprint density at radius 3 is 2.50 bits per heavy atom. The van der Waals surface area contributed by atoms with Gasteiger partial charge in [-0.1, -0.05) is 60.6 Å². The second kappa shape index (κ2) is 7.73. The van der Waals surface area contributed by atoms with E-state index >= 15 is 0 Å². The smallest absolute Gasteiger partial charge is 0.229 e. The second-order valence-electron chi connectivity index (χ2n) is 7.29. The number of thioether (sulfide) groups is 1. The van der Waals surface area contributed by atoms with Crippen molar-refractivity contribution < 1.29 is 4.79 Å². The van der Waals surface area contributed by atoms with Crippen molar-refractivity contribution in [2.75, 3.05) is 17.4 Å². The summed E-state index contributed by atoms with van der Waals surface area (Å²) in [4.78, 5) is 16.9. The summed E-state index contributed by atoms with van der Waals surface area (Å²) in [6.45, 7) is 4.68. The molecule has 0 N–H and O–H groups in total. The summed E-state index contributed by atoms with van der Waals surface area (Å²) in [6, 6.07) is 19.1. The molecule has 2 aromatic rings. The van der Waals surface area contributed by atoms with Gasteiger partial charge in [0.15, 0.2) is 0 Å². The Morgan fingerprint density at radius 2 is 1.86 bits per heavy atom. The average molecular weight is 390 g/mol. The molecule has 0 saturated carbocycles. The Morgan fingerprint density at radius 1 is 1.14 bits per heavy atom. The van der Waals surface area contributed by atoms with Gasteiger partial charge in [-0.2, -0.15) is 5.26 Å². The van der Waals surface area contributed by atoms with Gasteiger partial charge in [-0.25, -0.2) is 0 Å². The minimum Gasteiger partial charge on any atom is -0.344 e. The number of benzene rings is 2. The molecule has 2 aliphatic rings.